The molecule has 2 aromatic carbocycles. The SMILES string of the molecule is O=S(=O)(O)OS(=O)(=O)O.O=[N+]([O-])c1ccc2c(c1)CCN2.c1ccc2ncccc2c1. The summed E-state index contributed by atoms with van der Waals surface area (Å²) in [5.41, 5.74) is 3.31. The van der Waals surface area contributed by atoms with Crippen LogP contribution in [0.2, 0.25) is 0 Å². The van der Waals surface area contributed by atoms with Gasteiger partial charge < -0.3 is 5.32 Å². The molecule has 0 saturated carbocycles. The average Bonchev–Trinajstić information content (AvgIpc) is 3.14. The Hall–Kier alpha value is -3.17. The van der Waals surface area contributed by atoms with Gasteiger partial charge in [0.2, 0.25) is 0 Å². The third-order valence-corrected chi connectivity index (χ3v) is 5.07. The molecule has 1 aliphatic rings. The largest absolute Gasteiger partial charge is 0.413 e. The molecular formula is C17H17N3O9S2. The van der Waals surface area contributed by atoms with E-state index in [0.29, 0.717) is 0 Å². The van der Waals surface area contributed by atoms with Gasteiger partial charge in [-0.1, -0.05) is 24.3 Å². The smallest absolute Gasteiger partial charge is 0.384 e. The number of rotatable bonds is 3. The van der Waals surface area contributed by atoms with Gasteiger partial charge in [0, 0.05) is 35.9 Å². The van der Waals surface area contributed by atoms with E-state index in [9.17, 15) is 26.9 Å². The van der Waals surface area contributed by atoms with Crippen LogP contribution in [0.1, 0.15) is 5.56 Å². The Morgan fingerprint density at radius 1 is 1.00 bits per heavy atom. The van der Waals surface area contributed by atoms with Gasteiger partial charge in [-0.15, -0.1) is 3.63 Å². The lowest BCUT2D eigenvalue weighted by Gasteiger charge is -1.97. The lowest BCUT2D eigenvalue weighted by atomic mass is 10.1. The first-order valence-electron chi connectivity index (χ1n) is 8.41. The van der Waals surface area contributed by atoms with Crippen molar-refractivity contribution in [1.82, 2.24) is 4.98 Å². The van der Waals surface area contributed by atoms with E-state index >= 15 is 0 Å². The highest BCUT2D eigenvalue weighted by Crippen LogP contribution is 2.25. The molecule has 1 aromatic heterocycles. The molecule has 3 N–H and O–H groups in total. The fraction of sp³-hybridized carbons (Fsp3) is 0.118. The fourth-order valence-corrected chi connectivity index (χ4v) is 3.40. The number of nitrogens with one attached hydrogen (secondary N) is 1. The molecule has 2 heterocycles. The number of hydrogen-bond acceptors (Lipinski definition) is 9. The van der Waals surface area contributed by atoms with Crippen LogP contribution in [0.25, 0.3) is 10.9 Å². The average molecular weight is 471 g/mol. The van der Waals surface area contributed by atoms with Crippen molar-refractivity contribution in [2.75, 3.05) is 11.9 Å². The van der Waals surface area contributed by atoms with E-state index in [1.807, 2.05) is 30.5 Å². The third-order valence-electron chi connectivity index (χ3n) is 3.69. The fourth-order valence-electron chi connectivity index (χ4n) is 2.53. The van der Waals surface area contributed by atoms with Crippen molar-refractivity contribution < 1.29 is 34.5 Å². The van der Waals surface area contributed by atoms with Crippen LogP contribution < -0.4 is 5.32 Å². The van der Waals surface area contributed by atoms with Gasteiger partial charge in [0.15, 0.2) is 0 Å². The number of nitro benzene ring substituents is 1. The van der Waals surface area contributed by atoms with Crippen molar-refractivity contribution in [2.45, 2.75) is 6.42 Å². The second kappa shape index (κ2) is 10.2. The molecule has 0 atom stereocenters. The predicted molar refractivity (Wildman–Crippen MR) is 111 cm³/mol. The summed E-state index contributed by atoms with van der Waals surface area (Å²) in [4.78, 5) is 14.2. The maximum atomic E-state index is 10.4. The number of non-ortho nitro benzene ring substituents is 1. The molecule has 0 bridgehead atoms. The van der Waals surface area contributed by atoms with Gasteiger partial charge in [-0.3, -0.25) is 24.2 Å². The Balaban J connectivity index is 0.000000168. The highest BCUT2D eigenvalue weighted by Gasteiger charge is 2.16. The summed E-state index contributed by atoms with van der Waals surface area (Å²) in [6.07, 6.45) is 2.69. The Labute approximate surface area is 177 Å². The number of pyridine rings is 1. The van der Waals surface area contributed by atoms with Crippen molar-refractivity contribution in [3.8, 4) is 0 Å². The zero-order chi connectivity index (χ0) is 23.1. The Morgan fingerprint density at radius 3 is 2.23 bits per heavy atom. The zero-order valence-electron chi connectivity index (χ0n) is 15.7. The lowest BCUT2D eigenvalue weighted by Crippen LogP contribution is -2.10. The highest BCUT2D eigenvalue weighted by molar-refractivity contribution is 7.94. The molecule has 0 unspecified atom stereocenters. The van der Waals surface area contributed by atoms with Gasteiger partial charge in [-0.2, -0.15) is 16.8 Å². The van der Waals surface area contributed by atoms with Crippen LogP contribution in [-0.2, 0) is 30.8 Å². The number of fused-ring (bicyclic) bond motifs is 2. The van der Waals surface area contributed by atoms with Crippen molar-refractivity contribution in [3.05, 3.63) is 76.5 Å². The number of anilines is 1. The molecule has 14 heteroatoms. The van der Waals surface area contributed by atoms with Crippen molar-refractivity contribution >= 4 is 43.1 Å². The Morgan fingerprint density at radius 2 is 1.65 bits per heavy atom. The molecule has 3 aromatic rings. The van der Waals surface area contributed by atoms with Crippen LogP contribution in [-0.4, -0.2) is 42.4 Å². The van der Waals surface area contributed by atoms with Gasteiger partial charge in [0.05, 0.1) is 10.4 Å². The van der Waals surface area contributed by atoms with Crippen LogP contribution in [0, 0.1) is 10.1 Å². The quantitative estimate of drug-likeness (QED) is 0.289. The summed E-state index contributed by atoms with van der Waals surface area (Å²) in [5.74, 6) is 0. The molecule has 0 fully saturated rings. The van der Waals surface area contributed by atoms with E-state index in [1.165, 1.54) is 11.5 Å². The summed E-state index contributed by atoms with van der Waals surface area (Å²) < 4.78 is 55.6. The van der Waals surface area contributed by atoms with Crippen LogP contribution in [0.4, 0.5) is 11.4 Å². The first-order chi connectivity index (χ1) is 14.4. The molecular weight excluding hydrogens is 454 g/mol. The number of hydrogen-bond donors (Lipinski definition) is 3. The number of para-hydroxylation sites is 1. The molecule has 0 amide bonds. The summed E-state index contributed by atoms with van der Waals surface area (Å²) in [6.45, 7) is 0.885. The summed E-state index contributed by atoms with van der Waals surface area (Å²) in [6, 6.07) is 17.0. The van der Waals surface area contributed by atoms with E-state index in [0.717, 1.165) is 29.7 Å². The molecule has 31 heavy (non-hydrogen) atoms. The van der Waals surface area contributed by atoms with E-state index in [-0.39, 0.29) is 10.6 Å². The maximum absolute atomic E-state index is 10.4. The van der Waals surface area contributed by atoms with Gasteiger partial charge in [-0.25, -0.2) is 0 Å². The van der Waals surface area contributed by atoms with E-state index in [4.69, 9.17) is 9.11 Å². The number of nitrogens with zero attached hydrogens (tertiary/aromatic N) is 2. The highest BCUT2D eigenvalue weighted by atomic mass is 32.3. The van der Waals surface area contributed by atoms with E-state index in [2.05, 4.69) is 26.1 Å². The number of aromatic nitrogens is 1. The summed E-state index contributed by atoms with van der Waals surface area (Å²) in [7, 11) is -10.2. The topological polar surface area (TPSA) is 186 Å². The van der Waals surface area contributed by atoms with Crippen LogP contribution in [0.3, 0.4) is 0 Å². The lowest BCUT2D eigenvalue weighted by molar-refractivity contribution is -0.384. The molecule has 1 aliphatic heterocycles. The summed E-state index contributed by atoms with van der Waals surface area (Å²) >= 11 is 0. The zero-order valence-corrected chi connectivity index (χ0v) is 17.3. The van der Waals surface area contributed by atoms with Crippen molar-refractivity contribution in [2.24, 2.45) is 0 Å². The minimum absolute atomic E-state index is 0.178. The molecule has 0 saturated heterocycles. The van der Waals surface area contributed by atoms with E-state index in [1.54, 1.807) is 12.1 Å². The molecule has 12 nitrogen and oxygen atoms in total. The third kappa shape index (κ3) is 8.61. The Kier molecular flexibility index (Phi) is 7.95. The van der Waals surface area contributed by atoms with Gasteiger partial charge in [-0.05, 0) is 30.2 Å². The number of nitro groups is 1. The Bertz CT molecular complexity index is 1180. The minimum atomic E-state index is -5.12. The first kappa shape index (κ1) is 24.1. The van der Waals surface area contributed by atoms with Crippen LogP contribution in [0.15, 0.2) is 60.8 Å². The predicted octanol–water partition coefficient (Wildman–Crippen LogP) is 2.41. The standard InChI is InChI=1S/C9H7N.C8H8N2O2.H2O7S2/c1-2-6-9-8(4-1)5-3-7-10-9;11-10(12)7-1-2-8-6(5-7)3-4-9-8;1-8(2,3)7-9(4,5)6/h1-7H;1-2,5,9H,3-4H2;(H,1,2,3)(H,4,5,6). The molecule has 0 radical (unpaired) electrons. The van der Waals surface area contributed by atoms with Crippen LogP contribution in [0.5, 0.6) is 0 Å². The second-order valence-electron chi connectivity index (χ2n) is 5.89. The maximum Gasteiger partial charge on any atom is 0.413 e. The minimum Gasteiger partial charge on any atom is -0.384 e. The molecule has 4 rings (SSSR count). The van der Waals surface area contributed by atoms with Gasteiger partial charge in [0.1, 0.15) is 0 Å². The molecule has 0 aliphatic carbocycles. The first-order valence-corrected chi connectivity index (χ1v) is 11.1. The summed E-state index contributed by atoms with van der Waals surface area (Å²) in [5, 5.41) is 14.7. The van der Waals surface area contributed by atoms with Crippen molar-refractivity contribution in [3.63, 3.8) is 0 Å². The van der Waals surface area contributed by atoms with Gasteiger partial charge in [0.25, 0.3) is 5.69 Å². The van der Waals surface area contributed by atoms with Gasteiger partial charge >= 0.3 is 20.8 Å². The van der Waals surface area contributed by atoms with Crippen molar-refractivity contribution in [1.29, 1.82) is 0 Å². The van der Waals surface area contributed by atoms with Crippen LogP contribution >= 0.6 is 0 Å². The molecule has 0 spiro atoms. The second-order valence-corrected chi connectivity index (χ2v) is 8.15. The van der Waals surface area contributed by atoms with E-state index < -0.39 is 20.8 Å². The molecule has 166 valence electrons. The normalized spacial score (nSPS) is 12.5. The number of benzene rings is 2. The monoisotopic (exact) mass is 471 g/mol.